The van der Waals surface area contributed by atoms with Gasteiger partial charge in [0, 0.05) is 19.4 Å². The fourth-order valence-electron chi connectivity index (χ4n) is 2.12. The molecule has 1 rings (SSSR count). The molecule has 0 bridgehead atoms. The lowest BCUT2D eigenvalue weighted by molar-refractivity contribution is -0.142. The van der Waals surface area contributed by atoms with Crippen LogP contribution in [0.15, 0.2) is 23.8 Å². The van der Waals surface area contributed by atoms with Crippen LogP contribution in [-0.4, -0.2) is 31.6 Å². The van der Waals surface area contributed by atoms with Crippen molar-refractivity contribution in [1.82, 2.24) is 0 Å². The van der Waals surface area contributed by atoms with Gasteiger partial charge in [-0.05, 0) is 31.8 Å². The first-order chi connectivity index (χ1) is 9.54. The number of esters is 1. The maximum atomic E-state index is 12.2. The van der Waals surface area contributed by atoms with Crippen LogP contribution in [0.3, 0.4) is 0 Å². The minimum absolute atomic E-state index is 0.0199. The topological polar surface area (TPSA) is 52.6 Å². The van der Waals surface area contributed by atoms with Gasteiger partial charge in [-0.2, -0.15) is 0 Å². The molecule has 112 valence electrons. The van der Waals surface area contributed by atoms with Gasteiger partial charge in [0.05, 0.1) is 0 Å². The van der Waals surface area contributed by atoms with E-state index in [4.69, 9.17) is 9.47 Å². The monoisotopic (exact) mass is 280 g/mol. The molecule has 0 aromatic heterocycles. The second kappa shape index (κ2) is 8.69. The van der Waals surface area contributed by atoms with Crippen molar-refractivity contribution in [3.63, 3.8) is 0 Å². The molecule has 4 heteroatoms. The highest BCUT2D eigenvalue weighted by molar-refractivity contribution is 5.88. The Labute approximate surface area is 120 Å². The third-order valence-corrected chi connectivity index (χ3v) is 3.29. The average Bonchev–Trinajstić information content (AvgIpc) is 2.43. The molecule has 1 heterocycles. The number of allylic oxidation sites excluding steroid dienone is 2. The Morgan fingerprint density at radius 2 is 2.05 bits per heavy atom. The minimum Gasteiger partial charge on any atom is -0.461 e. The summed E-state index contributed by atoms with van der Waals surface area (Å²) >= 11 is 0. The van der Waals surface area contributed by atoms with E-state index < -0.39 is 6.10 Å². The van der Waals surface area contributed by atoms with E-state index in [9.17, 15) is 9.59 Å². The van der Waals surface area contributed by atoms with E-state index in [1.807, 2.05) is 32.1 Å². The summed E-state index contributed by atoms with van der Waals surface area (Å²) in [4.78, 5) is 23.7. The molecule has 2 atom stereocenters. The number of ketones is 1. The average molecular weight is 280 g/mol. The number of hydrogen-bond donors (Lipinski definition) is 0. The molecule has 20 heavy (non-hydrogen) atoms. The van der Waals surface area contributed by atoms with Crippen LogP contribution >= 0.6 is 0 Å². The van der Waals surface area contributed by atoms with E-state index in [-0.39, 0.29) is 24.3 Å². The van der Waals surface area contributed by atoms with Gasteiger partial charge in [0.15, 0.2) is 5.78 Å². The van der Waals surface area contributed by atoms with Crippen LogP contribution in [0, 0.1) is 5.92 Å². The van der Waals surface area contributed by atoms with Crippen molar-refractivity contribution >= 4 is 11.8 Å². The Balaban J connectivity index is 2.81. The van der Waals surface area contributed by atoms with Gasteiger partial charge < -0.3 is 9.47 Å². The van der Waals surface area contributed by atoms with Crippen molar-refractivity contribution in [1.29, 1.82) is 0 Å². The summed E-state index contributed by atoms with van der Waals surface area (Å²) in [6, 6.07) is 0. The fourth-order valence-corrected chi connectivity index (χ4v) is 2.12. The van der Waals surface area contributed by atoms with E-state index in [2.05, 4.69) is 0 Å². The lowest BCUT2D eigenvalue weighted by Gasteiger charge is -2.15. The number of methoxy groups -OCH3 is 1. The van der Waals surface area contributed by atoms with Crippen LogP contribution in [0.5, 0.6) is 0 Å². The molecule has 0 N–H and O–H groups in total. The lowest BCUT2D eigenvalue weighted by Crippen LogP contribution is -2.26. The summed E-state index contributed by atoms with van der Waals surface area (Å²) in [5.74, 6) is -0.412. The summed E-state index contributed by atoms with van der Waals surface area (Å²) in [5, 5.41) is 0. The van der Waals surface area contributed by atoms with E-state index in [1.54, 1.807) is 7.11 Å². The van der Waals surface area contributed by atoms with Crippen LogP contribution in [0.4, 0.5) is 0 Å². The molecule has 0 amide bonds. The zero-order valence-corrected chi connectivity index (χ0v) is 12.6. The second-order valence-corrected chi connectivity index (χ2v) is 5.19. The summed E-state index contributed by atoms with van der Waals surface area (Å²) in [5.41, 5.74) is 0.884. The predicted octanol–water partition coefficient (Wildman–Crippen LogP) is 2.83. The highest BCUT2D eigenvalue weighted by Crippen LogP contribution is 2.12. The first kappa shape index (κ1) is 16.6. The van der Waals surface area contributed by atoms with Gasteiger partial charge in [0.1, 0.15) is 12.7 Å². The Kier molecular flexibility index (Phi) is 7.23. The van der Waals surface area contributed by atoms with Crippen molar-refractivity contribution in [3.05, 3.63) is 23.8 Å². The second-order valence-electron chi connectivity index (χ2n) is 5.19. The van der Waals surface area contributed by atoms with Gasteiger partial charge in [-0.25, -0.2) is 0 Å². The molecule has 0 aromatic rings. The number of hydrogen-bond acceptors (Lipinski definition) is 4. The standard InChI is InChI=1S/C16H24O4/c1-12-10-13(2)16(18)14(19-3)8-6-4-5-7-9-15(17)20-11-12/h6,8,10,13-14H,4-5,7,9,11H2,1-3H3/b8-6+,12-10-/t13-,14+/m1/s1. The minimum atomic E-state index is -0.500. The number of Topliss-reactive ketones (excluding diaryl/α,β-unsaturated/α-hetero) is 1. The van der Waals surface area contributed by atoms with Gasteiger partial charge in [-0.3, -0.25) is 9.59 Å². The first-order valence-corrected chi connectivity index (χ1v) is 7.10. The van der Waals surface area contributed by atoms with Crippen molar-refractivity contribution in [2.75, 3.05) is 13.7 Å². The van der Waals surface area contributed by atoms with Crippen molar-refractivity contribution in [3.8, 4) is 0 Å². The van der Waals surface area contributed by atoms with Crippen LogP contribution < -0.4 is 0 Å². The largest absolute Gasteiger partial charge is 0.461 e. The highest BCUT2D eigenvalue weighted by Gasteiger charge is 2.20. The van der Waals surface area contributed by atoms with E-state index in [1.165, 1.54) is 0 Å². The Bertz CT molecular complexity index is 395. The first-order valence-electron chi connectivity index (χ1n) is 7.10. The quantitative estimate of drug-likeness (QED) is 0.547. The molecule has 0 aliphatic carbocycles. The number of ether oxygens (including phenoxy) is 2. The Morgan fingerprint density at radius 1 is 1.30 bits per heavy atom. The normalized spacial score (nSPS) is 30.9. The predicted molar refractivity (Wildman–Crippen MR) is 77.3 cm³/mol. The number of cyclic esters (lactones) is 1. The third kappa shape index (κ3) is 5.70. The van der Waals surface area contributed by atoms with E-state index >= 15 is 0 Å². The van der Waals surface area contributed by atoms with Crippen molar-refractivity contribution < 1.29 is 19.1 Å². The van der Waals surface area contributed by atoms with E-state index in [0.29, 0.717) is 6.42 Å². The summed E-state index contributed by atoms with van der Waals surface area (Å²) in [6.07, 6.45) is 8.08. The molecule has 0 spiro atoms. The molecule has 1 aliphatic heterocycles. The Hall–Kier alpha value is -1.42. The number of carbonyl (C=O) groups is 2. The van der Waals surface area contributed by atoms with Crippen LogP contribution in [0.1, 0.15) is 39.5 Å². The van der Waals surface area contributed by atoms with Crippen LogP contribution in [-0.2, 0) is 19.1 Å². The van der Waals surface area contributed by atoms with Gasteiger partial charge in [0.25, 0.3) is 0 Å². The molecular formula is C16H24O4. The van der Waals surface area contributed by atoms with Gasteiger partial charge in [-0.1, -0.05) is 25.2 Å². The van der Waals surface area contributed by atoms with Gasteiger partial charge >= 0.3 is 5.97 Å². The fraction of sp³-hybridized carbons (Fsp3) is 0.625. The zero-order chi connectivity index (χ0) is 15.0. The zero-order valence-electron chi connectivity index (χ0n) is 12.6. The maximum Gasteiger partial charge on any atom is 0.306 e. The lowest BCUT2D eigenvalue weighted by atomic mass is 9.98. The molecule has 0 fully saturated rings. The third-order valence-electron chi connectivity index (χ3n) is 3.29. The molecule has 0 saturated carbocycles. The van der Waals surface area contributed by atoms with E-state index in [0.717, 1.165) is 24.8 Å². The van der Waals surface area contributed by atoms with Crippen LogP contribution in [0.2, 0.25) is 0 Å². The molecule has 0 unspecified atom stereocenters. The SMILES string of the molecule is CO[C@H]1/C=C/CCCCC(=O)OC/C(C)=C\[C@@H](C)C1=O. The smallest absolute Gasteiger partial charge is 0.306 e. The molecule has 0 radical (unpaired) electrons. The van der Waals surface area contributed by atoms with Gasteiger partial charge in [0.2, 0.25) is 0 Å². The number of rotatable bonds is 1. The molecule has 1 aliphatic rings. The number of carbonyl (C=O) groups excluding carboxylic acids is 2. The maximum absolute atomic E-state index is 12.2. The highest BCUT2D eigenvalue weighted by atomic mass is 16.5. The Morgan fingerprint density at radius 3 is 2.75 bits per heavy atom. The summed E-state index contributed by atoms with van der Waals surface area (Å²) in [7, 11) is 1.54. The summed E-state index contributed by atoms with van der Waals surface area (Å²) < 4.78 is 10.4. The molecule has 0 saturated heterocycles. The molecular weight excluding hydrogens is 256 g/mol. The van der Waals surface area contributed by atoms with Crippen molar-refractivity contribution in [2.45, 2.75) is 45.6 Å². The molecule has 0 aromatic carbocycles. The van der Waals surface area contributed by atoms with Crippen molar-refractivity contribution in [2.24, 2.45) is 5.92 Å². The summed E-state index contributed by atoms with van der Waals surface area (Å²) in [6.45, 7) is 3.95. The molecule has 4 nitrogen and oxygen atoms in total. The van der Waals surface area contributed by atoms with Gasteiger partial charge in [-0.15, -0.1) is 0 Å². The van der Waals surface area contributed by atoms with Crippen LogP contribution in [0.25, 0.3) is 0 Å².